The van der Waals surface area contributed by atoms with E-state index in [4.69, 9.17) is 5.11 Å². The predicted octanol–water partition coefficient (Wildman–Crippen LogP) is 17.1. The largest absolute Gasteiger partial charge is 0.465 e. The summed E-state index contributed by atoms with van der Waals surface area (Å²) in [5.41, 5.74) is 3.56. The minimum Gasteiger partial charge on any atom is -0.465 e. The van der Waals surface area contributed by atoms with E-state index in [0.29, 0.717) is 31.7 Å². The number of carboxylic acid groups (broad SMARTS) is 1. The topological polar surface area (TPSA) is 73.7 Å². The third-order valence-corrected chi connectivity index (χ3v) is 26.8. The normalized spacial score (nSPS) is 11.5. The molecule has 16 rings (SSSR count). The summed E-state index contributed by atoms with van der Waals surface area (Å²) < 4.78 is 0. The number of hydrogen-bond donors (Lipinski definition) is 1. The van der Waals surface area contributed by atoms with Gasteiger partial charge in [-0.25, -0.2) is 4.79 Å². The van der Waals surface area contributed by atoms with Crippen molar-refractivity contribution < 1.29 is 35.1 Å². The molecular weight excluding hydrogens is 1440 g/mol. The van der Waals surface area contributed by atoms with Crippen LogP contribution in [0.25, 0.3) is 22.0 Å². The Bertz CT molecular complexity index is 4110. The van der Waals surface area contributed by atoms with E-state index < -0.39 is 37.8 Å². The maximum atomic E-state index is 12.6. The molecule has 0 spiro atoms. The zero-order valence-corrected chi connectivity index (χ0v) is 62.6. The molecule has 0 saturated carbocycles. The molecule has 104 heavy (non-hydrogen) atoms. The Morgan fingerprint density at radius 3 is 0.702 bits per heavy atom. The minimum atomic E-state index is -0.935. The van der Waals surface area contributed by atoms with E-state index in [1.54, 1.807) is 4.90 Å². The number of rotatable bonds is 14. The molecule has 15 aromatic rings. The zero-order valence-electron chi connectivity index (χ0n) is 57.5. The summed E-state index contributed by atoms with van der Waals surface area (Å²) >= 11 is 0. The SMILES string of the molecule is O=C(O)N1CCN(C(=O)c2ccc(-c3cnc4ccccc4c3)cc2)CC1.[Pd].c1ccc(P(c2ccccc2)c2ccccc2)cc1.c1ccc(P(c2ccccc2)c2ccccc2)cc1.c1ccc(P(c2ccccc2)c2ccccc2)cc1.c1ccc(P(c2ccccc2)c2ccccc2)cc1. The summed E-state index contributed by atoms with van der Waals surface area (Å²) in [7, 11) is -1.78. The number of nitrogens with zero attached hydrogens (tertiary/aromatic N) is 3. The van der Waals surface area contributed by atoms with Gasteiger partial charge in [-0.1, -0.05) is 394 Å². The monoisotopic (exact) mass is 1520 g/mol. The Kier molecular flexibility index (Phi) is 28.7. The fourth-order valence-electron chi connectivity index (χ4n) is 12.0. The Balaban J connectivity index is 0.000000131. The molecule has 1 aromatic heterocycles. The number of benzene rings is 14. The van der Waals surface area contributed by atoms with Crippen molar-refractivity contribution in [2.75, 3.05) is 26.2 Å². The minimum absolute atomic E-state index is 0. The van der Waals surface area contributed by atoms with Gasteiger partial charge in [0.15, 0.2) is 0 Å². The number of para-hydroxylation sites is 1. The molecule has 0 aliphatic carbocycles. The number of amides is 2. The van der Waals surface area contributed by atoms with E-state index in [1.165, 1.54) is 68.6 Å². The van der Waals surface area contributed by atoms with Crippen molar-refractivity contribution in [1.82, 2.24) is 14.8 Å². The van der Waals surface area contributed by atoms with E-state index >= 15 is 0 Å². The summed E-state index contributed by atoms with van der Waals surface area (Å²) in [6.07, 6.45) is 0.903. The molecule has 14 aromatic carbocycles. The molecule has 1 aliphatic heterocycles. The van der Waals surface area contributed by atoms with E-state index in [9.17, 15) is 9.59 Å². The maximum Gasteiger partial charge on any atom is 0.407 e. The Hall–Kier alpha value is -10.4. The maximum absolute atomic E-state index is 12.6. The smallest absolute Gasteiger partial charge is 0.407 e. The van der Waals surface area contributed by atoms with Crippen molar-refractivity contribution in [3.8, 4) is 11.1 Å². The van der Waals surface area contributed by atoms with Crippen molar-refractivity contribution in [2.24, 2.45) is 0 Å². The molecule has 2 heterocycles. The number of piperazine rings is 1. The van der Waals surface area contributed by atoms with Gasteiger partial charge in [-0.2, -0.15) is 0 Å². The molecule has 2 amide bonds. The van der Waals surface area contributed by atoms with E-state index in [-0.39, 0.29) is 26.3 Å². The molecule has 0 atom stereocenters. The van der Waals surface area contributed by atoms with Gasteiger partial charge in [0.25, 0.3) is 5.91 Å². The van der Waals surface area contributed by atoms with Gasteiger partial charge in [0, 0.05) is 69.3 Å². The second-order valence-corrected chi connectivity index (χ2v) is 32.8. The average molecular weight is 1520 g/mol. The number of pyridine rings is 1. The molecule has 0 bridgehead atoms. The van der Waals surface area contributed by atoms with Crippen molar-refractivity contribution in [3.63, 3.8) is 0 Å². The first-order chi connectivity index (χ1) is 50.9. The summed E-state index contributed by atoms with van der Waals surface area (Å²) in [5, 5.41) is 26.9. The number of hydrogen-bond acceptors (Lipinski definition) is 3. The first-order valence-electron chi connectivity index (χ1n) is 34.5. The van der Waals surface area contributed by atoms with E-state index in [1.807, 2.05) is 54.7 Å². The van der Waals surface area contributed by atoms with Crippen LogP contribution in [-0.2, 0) is 20.4 Å². The molecule has 514 valence electrons. The van der Waals surface area contributed by atoms with Gasteiger partial charge < -0.3 is 14.9 Å². The van der Waals surface area contributed by atoms with E-state index in [2.05, 4.69) is 375 Å². The van der Waals surface area contributed by atoms with Crippen LogP contribution in [0.4, 0.5) is 4.79 Å². The number of carbonyl (C=O) groups is 2. The van der Waals surface area contributed by atoms with Gasteiger partial charge in [-0.05, 0) is 125 Å². The van der Waals surface area contributed by atoms with Crippen LogP contribution in [0.15, 0.2) is 425 Å². The van der Waals surface area contributed by atoms with Crippen LogP contribution in [0.2, 0.25) is 0 Å². The number of carbonyl (C=O) groups excluding carboxylic acids is 1. The van der Waals surface area contributed by atoms with Gasteiger partial charge in [-0.15, -0.1) is 0 Å². The van der Waals surface area contributed by atoms with Crippen molar-refractivity contribution in [1.29, 1.82) is 0 Å². The van der Waals surface area contributed by atoms with Crippen molar-refractivity contribution in [2.45, 2.75) is 0 Å². The third kappa shape index (κ3) is 20.9. The quantitative estimate of drug-likeness (QED) is 0.0870. The third-order valence-electron chi connectivity index (χ3n) is 17.1. The fourth-order valence-corrected chi connectivity index (χ4v) is 21.3. The van der Waals surface area contributed by atoms with Crippen LogP contribution >= 0.6 is 31.7 Å². The van der Waals surface area contributed by atoms with Crippen molar-refractivity contribution in [3.05, 3.63) is 430 Å². The molecule has 11 heteroatoms. The van der Waals surface area contributed by atoms with Gasteiger partial charge in [-0.3, -0.25) is 9.78 Å². The second kappa shape index (κ2) is 39.9. The first-order valence-corrected chi connectivity index (χ1v) is 39.8. The summed E-state index contributed by atoms with van der Waals surface area (Å²) in [6, 6.07) is 147. The molecule has 6 nitrogen and oxygen atoms in total. The van der Waals surface area contributed by atoms with Crippen LogP contribution in [0.3, 0.4) is 0 Å². The summed E-state index contributed by atoms with van der Waals surface area (Å²) in [6.45, 7) is 1.53. The first kappa shape index (κ1) is 74.8. The Morgan fingerprint density at radius 2 is 0.471 bits per heavy atom. The van der Waals surface area contributed by atoms with E-state index in [0.717, 1.165) is 22.0 Å². The van der Waals surface area contributed by atoms with Gasteiger partial charge in [0.05, 0.1) is 5.52 Å². The van der Waals surface area contributed by atoms with Crippen LogP contribution in [-0.4, -0.2) is 58.1 Å². The Morgan fingerprint density at radius 1 is 0.260 bits per heavy atom. The predicted molar refractivity (Wildman–Crippen MR) is 443 cm³/mol. The average Bonchev–Trinajstić information content (AvgIpc) is 0.820. The molecule has 0 unspecified atom stereocenters. The number of aromatic nitrogens is 1. The molecule has 0 radical (unpaired) electrons. The van der Waals surface area contributed by atoms with Crippen molar-refractivity contribution >= 4 is 118 Å². The molecule has 1 N–H and O–H groups in total. The summed E-state index contributed by atoms with van der Waals surface area (Å²) in [4.78, 5) is 31.1. The standard InChI is InChI=1S/C21H19N3O3.4C18H15P.Pd/c25-20(23-9-11-24(12-10-23)21(26)27)16-7-5-15(6-8-16)18-13-17-3-1-2-4-19(17)22-14-18;4*1-4-10-16(11-5-1)19(17-12-6-2-7-13-17)18-14-8-3-9-15-18;/h1-8,13-14H,9-12H2,(H,26,27);4*1-15H;. The van der Waals surface area contributed by atoms with Gasteiger partial charge in [0.1, 0.15) is 0 Å². The van der Waals surface area contributed by atoms with Crippen LogP contribution in [0.5, 0.6) is 0 Å². The van der Waals surface area contributed by atoms with Gasteiger partial charge in [0.2, 0.25) is 0 Å². The number of fused-ring (bicyclic) bond motifs is 1. The molecule has 1 saturated heterocycles. The molecule has 1 aliphatic rings. The Labute approximate surface area is 631 Å². The van der Waals surface area contributed by atoms with Crippen LogP contribution in [0.1, 0.15) is 10.4 Å². The second-order valence-electron chi connectivity index (χ2n) is 23.9. The van der Waals surface area contributed by atoms with Crippen LogP contribution in [0, 0.1) is 0 Å². The van der Waals surface area contributed by atoms with Crippen LogP contribution < -0.4 is 63.7 Å². The molecule has 1 fully saturated rings. The molecular formula is C93H79N3O3P4Pd. The van der Waals surface area contributed by atoms with Gasteiger partial charge >= 0.3 is 6.09 Å². The zero-order chi connectivity index (χ0) is 70.5. The summed E-state index contributed by atoms with van der Waals surface area (Å²) in [5.74, 6) is -0.0665. The fraction of sp³-hybridized carbons (Fsp3) is 0.0430.